The van der Waals surface area contributed by atoms with Crippen LogP contribution >= 0.6 is 0 Å². The van der Waals surface area contributed by atoms with Crippen molar-refractivity contribution in [3.63, 3.8) is 0 Å². The lowest BCUT2D eigenvalue weighted by molar-refractivity contribution is 0.0656. The molecule has 1 aromatic heterocycles. The van der Waals surface area contributed by atoms with Crippen LogP contribution in [0.1, 0.15) is 26.3 Å². The molecule has 2 heterocycles. The lowest BCUT2D eigenvalue weighted by atomic mass is 10.0. The van der Waals surface area contributed by atoms with E-state index in [1.165, 1.54) is 4.90 Å². The van der Waals surface area contributed by atoms with Crippen LogP contribution in [0.3, 0.4) is 0 Å². The molecule has 2 amide bonds. The molecule has 0 spiro atoms. The van der Waals surface area contributed by atoms with Crippen LogP contribution < -0.4 is 5.56 Å². The minimum absolute atomic E-state index is 0.133. The fourth-order valence-corrected chi connectivity index (χ4v) is 3.18. The van der Waals surface area contributed by atoms with E-state index in [1.54, 1.807) is 42.6 Å². The number of rotatable bonds is 4. The molecule has 0 unspecified atom stereocenters. The van der Waals surface area contributed by atoms with E-state index in [4.69, 9.17) is 0 Å². The second-order valence-corrected chi connectivity index (χ2v) is 6.17. The molecule has 1 aliphatic rings. The van der Waals surface area contributed by atoms with Crippen molar-refractivity contribution in [3.8, 4) is 11.1 Å². The van der Waals surface area contributed by atoms with Crippen LogP contribution in [0.5, 0.6) is 0 Å². The smallest absolute Gasteiger partial charge is 0.261 e. The third kappa shape index (κ3) is 2.73. The Balaban J connectivity index is 1.48. The number of carbonyl (C=O) groups excluding carboxylic acids is 2. The molecule has 0 fully saturated rings. The number of benzene rings is 2. The number of hydrogen-bond donors (Lipinski definition) is 1. The molecule has 3 aromatic rings. The predicted octanol–water partition coefficient (Wildman–Crippen LogP) is 2.88. The maximum Gasteiger partial charge on any atom is 0.261 e. The van der Waals surface area contributed by atoms with E-state index in [2.05, 4.69) is 4.98 Å². The van der Waals surface area contributed by atoms with Gasteiger partial charge in [-0.15, -0.1) is 0 Å². The van der Waals surface area contributed by atoms with Gasteiger partial charge in [-0.25, -0.2) is 0 Å². The molecule has 128 valence electrons. The standard InChI is InChI=1S/C21H16N2O3/c24-19-16(6-3-12-22-19)15-9-7-14(8-10-15)11-13-23-20(25)17-4-1-2-5-18(17)21(23)26/h1-10,12H,11,13H2,(H,22,24). The van der Waals surface area contributed by atoms with Crippen LogP contribution in [0, 0.1) is 0 Å². The van der Waals surface area contributed by atoms with Crippen molar-refractivity contribution in [2.45, 2.75) is 6.42 Å². The largest absolute Gasteiger partial charge is 0.329 e. The van der Waals surface area contributed by atoms with Gasteiger partial charge in [0.25, 0.3) is 17.4 Å². The number of hydrogen-bond acceptors (Lipinski definition) is 3. The van der Waals surface area contributed by atoms with Gasteiger partial charge in [0.1, 0.15) is 0 Å². The normalized spacial score (nSPS) is 13.2. The van der Waals surface area contributed by atoms with Crippen molar-refractivity contribution in [1.82, 2.24) is 9.88 Å². The SMILES string of the molecule is O=C1c2ccccc2C(=O)N1CCc1ccc(-c2ccc[nH]c2=O)cc1. The lowest BCUT2D eigenvalue weighted by Crippen LogP contribution is -2.31. The van der Waals surface area contributed by atoms with Gasteiger partial charge < -0.3 is 4.98 Å². The summed E-state index contributed by atoms with van der Waals surface area (Å²) < 4.78 is 0. The minimum Gasteiger partial charge on any atom is -0.329 e. The number of H-pyrrole nitrogens is 1. The van der Waals surface area contributed by atoms with Crippen molar-refractivity contribution >= 4 is 11.8 Å². The summed E-state index contributed by atoms with van der Waals surface area (Å²) in [6.45, 7) is 0.331. The van der Waals surface area contributed by atoms with E-state index >= 15 is 0 Å². The average molecular weight is 344 g/mol. The quantitative estimate of drug-likeness (QED) is 0.740. The summed E-state index contributed by atoms with van der Waals surface area (Å²) in [6, 6.07) is 18.0. The Labute approximate surface area is 149 Å². The first-order valence-corrected chi connectivity index (χ1v) is 8.37. The monoisotopic (exact) mass is 344 g/mol. The van der Waals surface area contributed by atoms with Crippen molar-refractivity contribution in [1.29, 1.82) is 0 Å². The second kappa shape index (κ2) is 6.44. The maximum atomic E-state index is 12.4. The van der Waals surface area contributed by atoms with Gasteiger partial charge in [0, 0.05) is 18.3 Å². The van der Waals surface area contributed by atoms with E-state index in [-0.39, 0.29) is 17.4 Å². The van der Waals surface area contributed by atoms with E-state index in [9.17, 15) is 14.4 Å². The van der Waals surface area contributed by atoms with Crippen LogP contribution in [0.25, 0.3) is 11.1 Å². The summed E-state index contributed by atoms with van der Waals surface area (Å²) in [7, 11) is 0. The molecular formula is C21H16N2O3. The summed E-state index contributed by atoms with van der Waals surface area (Å²) in [6.07, 6.45) is 2.17. The van der Waals surface area contributed by atoms with Gasteiger partial charge in [0.05, 0.1) is 11.1 Å². The second-order valence-electron chi connectivity index (χ2n) is 6.17. The zero-order valence-electron chi connectivity index (χ0n) is 13.9. The number of nitrogens with zero attached hydrogens (tertiary/aromatic N) is 1. The first kappa shape index (κ1) is 16.0. The number of carbonyl (C=O) groups is 2. The number of amides is 2. The number of imide groups is 1. The van der Waals surface area contributed by atoms with Crippen molar-refractivity contribution in [2.75, 3.05) is 6.54 Å². The Bertz CT molecular complexity index is 1020. The van der Waals surface area contributed by atoms with Crippen LogP contribution in [0.4, 0.5) is 0 Å². The maximum absolute atomic E-state index is 12.4. The van der Waals surface area contributed by atoms with Crippen molar-refractivity contribution in [2.24, 2.45) is 0 Å². The molecule has 0 atom stereocenters. The summed E-state index contributed by atoms with van der Waals surface area (Å²) >= 11 is 0. The molecule has 0 bridgehead atoms. The molecule has 0 saturated carbocycles. The highest BCUT2D eigenvalue weighted by atomic mass is 16.2. The van der Waals surface area contributed by atoms with Gasteiger partial charge >= 0.3 is 0 Å². The van der Waals surface area contributed by atoms with Crippen LogP contribution in [-0.4, -0.2) is 28.2 Å². The van der Waals surface area contributed by atoms with Gasteiger partial charge in [0.15, 0.2) is 0 Å². The first-order chi connectivity index (χ1) is 12.6. The number of pyridine rings is 1. The lowest BCUT2D eigenvalue weighted by Gasteiger charge is -2.13. The van der Waals surface area contributed by atoms with E-state index in [0.717, 1.165) is 11.1 Å². The fourth-order valence-electron chi connectivity index (χ4n) is 3.18. The van der Waals surface area contributed by atoms with Gasteiger partial charge in [-0.05, 0) is 41.8 Å². The van der Waals surface area contributed by atoms with Crippen molar-refractivity contribution in [3.05, 3.63) is 93.9 Å². The van der Waals surface area contributed by atoms with Crippen LogP contribution in [0.2, 0.25) is 0 Å². The molecule has 0 radical (unpaired) electrons. The van der Waals surface area contributed by atoms with Gasteiger partial charge in [0.2, 0.25) is 0 Å². The minimum atomic E-state index is -0.238. The number of fused-ring (bicyclic) bond motifs is 1. The topological polar surface area (TPSA) is 70.2 Å². The van der Waals surface area contributed by atoms with E-state index in [1.807, 2.05) is 24.3 Å². The molecule has 0 aliphatic carbocycles. The molecule has 4 rings (SSSR count). The first-order valence-electron chi connectivity index (χ1n) is 8.37. The Morgan fingerprint density at radius 1 is 0.731 bits per heavy atom. The summed E-state index contributed by atoms with van der Waals surface area (Å²) in [5.41, 5.74) is 3.24. The number of nitrogens with one attached hydrogen (secondary N) is 1. The summed E-state index contributed by atoms with van der Waals surface area (Å²) in [5, 5.41) is 0. The molecule has 1 aliphatic heterocycles. The van der Waals surface area contributed by atoms with E-state index < -0.39 is 0 Å². The third-order valence-corrected chi connectivity index (χ3v) is 4.59. The van der Waals surface area contributed by atoms with Crippen LogP contribution in [0.15, 0.2) is 71.7 Å². The van der Waals surface area contributed by atoms with Crippen LogP contribution in [-0.2, 0) is 6.42 Å². The summed E-state index contributed by atoms with van der Waals surface area (Å²) in [5.74, 6) is -0.476. The summed E-state index contributed by atoms with van der Waals surface area (Å²) in [4.78, 5) is 40.5. The highest BCUT2D eigenvalue weighted by Crippen LogP contribution is 2.23. The average Bonchev–Trinajstić information content (AvgIpc) is 2.92. The number of aromatic amines is 1. The molecule has 26 heavy (non-hydrogen) atoms. The third-order valence-electron chi connectivity index (χ3n) is 4.59. The highest BCUT2D eigenvalue weighted by molar-refractivity contribution is 6.21. The molecular weight excluding hydrogens is 328 g/mol. The molecule has 2 aromatic carbocycles. The van der Waals surface area contributed by atoms with Gasteiger partial charge in [-0.3, -0.25) is 19.3 Å². The highest BCUT2D eigenvalue weighted by Gasteiger charge is 2.34. The fraction of sp³-hybridized carbons (Fsp3) is 0.0952. The molecule has 0 saturated heterocycles. The number of aromatic nitrogens is 1. The Morgan fingerprint density at radius 2 is 1.35 bits per heavy atom. The molecule has 5 nitrogen and oxygen atoms in total. The Hall–Kier alpha value is -3.47. The van der Waals surface area contributed by atoms with Gasteiger partial charge in [-0.2, -0.15) is 0 Å². The zero-order chi connectivity index (χ0) is 18.1. The molecule has 1 N–H and O–H groups in total. The Morgan fingerprint density at radius 3 is 1.96 bits per heavy atom. The van der Waals surface area contributed by atoms with E-state index in [0.29, 0.717) is 29.7 Å². The predicted molar refractivity (Wildman–Crippen MR) is 98.0 cm³/mol. The zero-order valence-corrected chi connectivity index (χ0v) is 13.9. The van der Waals surface area contributed by atoms with Gasteiger partial charge in [-0.1, -0.05) is 36.4 Å². The molecule has 5 heteroatoms. The van der Waals surface area contributed by atoms with Crippen molar-refractivity contribution < 1.29 is 9.59 Å². The Kier molecular flexibility index (Phi) is 3.97.